The van der Waals surface area contributed by atoms with Gasteiger partial charge in [0.1, 0.15) is 0 Å². The quantitative estimate of drug-likeness (QED) is 0.150. The molecule has 12 aromatic carbocycles. The van der Waals surface area contributed by atoms with Crippen LogP contribution < -0.4 is 4.90 Å². The smallest absolute Gasteiger partial charge is 0.0726 e. The van der Waals surface area contributed by atoms with E-state index in [1.807, 2.05) is 0 Å². The number of aryl methyl sites for hydroxylation is 2. The first-order valence-corrected chi connectivity index (χ1v) is 24.5. The summed E-state index contributed by atoms with van der Waals surface area (Å²) < 4.78 is 0. The first kappa shape index (κ1) is 40.3. The molecule has 2 aliphatic rings. The van der Waals surface area contributed by atoms with Crippen molar-refractivity contribution in [2.75, 3.05) is 4.90 Å². The molecule has 0 N–H and O–H groups in total. The third kappa shape index (κ3) is 5.85. The lowest BCUT2D eigenvalue weighted by Crippen LogP contribution is -2.26. The molecular formula is C69H47N. The van der Waals surface area contributed by atoms with E-state index in [9.17, 15) is 0 Å². The fourth-order valence-corrected chi connectivity index (χ4v) is 12.6. The molecule has 2 aliphatic carbocycles. The van der Waals surface area contributed by atoms with Crippen LogP contribution in [0.1, 0.15) is 33.4 Å². The average molecular weight is 890 g/mol. The van der Waals surface area contributed by atoms with Gasteiger partial charge in [0.2, 0.25) is 0 Å². The second-order valence-corrected chi connectivity index (χ2v) is 19.3. The summed E-state index contributed by atoms with van der Waals surface area (Å²) in [5, 5.41) is 7.46. The molecule has 0 heterocycles. The minimum atomic E-state index is -0.456. The first-order valence-electron chi connectivity index (χ1n) is 24.5. The summed E-state index contributed by atoms with van der Waals surface area (Å²) in [6, 6.07) is 93.2. The Hall–Kier alpha value is -8.78. The number of hydrogen-bond donors (Lipinski definition) is 0. The maximum Gasteiger partial charge on any atom is 0.0726 e. The minimum Gasteiger partial charge on any atom is -0.310 e. The van der Waals surface area contributed by atoms with Crippen LogP contribution in [0, 0.1) is 13.8 Å². The topological polar surface area (TPSA) is 3.24 Å². The molecule has 328 valence electrons. The Labute approximate surface area is 409 Å². The molecule has 0 saturated carbocycles. The summed E-state index contributed by atoms with van der Waals surface area (Å²) in [5.41, 5.74) is 23.3. The van der Waals surface area contributed by atoms with E-state index in [1.165, 1.54) is 121 Å². The van der Waals surface area contributed by atoms with Crippen LogP contribution in [-0.4, -0.2) is 0 Å². The van der Waals surface area contributed by atoms with Crippen LogP contribution in [0.25, 0.3) is 88.0 Å². The van der Waals surface area contributed by atoms with Crippen molar-refractivity contribution in [1.29, 1.82) is 0 Å². The Balaban J connectivity index is 1.08. The number of anilines is 3. The van der Waals surface area contributed by atoms with Crippen molar-refractivity contribution < 1.29 is 0 Å². The van der Waals surface area contributed by atoms with Crippen molar-refractivity contribution in [3.63, 3.8) is 0 Å². The molecule has 70 heavy (non-hydrogen) atoms. The van der Waals surface area contributed by atoms with Crippen LogP contribution in [0.4, 0.5) is 17.1 Å². The number of rotatable bonds is 6. The molecule has 0 unspecified atom stereocenters. The van der Waals surface area contributed by atoms with Gasteiger partial charge in [0, 0.05) is 17.1 Å². The van der Waals surface area contributed by atoms with Gasteiger partial charge in [0.05, 0.1) is 5.41 Å². The summed E-state index contributed by atoms with van der Waals surface area (Å²) in [7, 11) is 0. The van der Waals surface area contributed by atoms with Crippen LogP contribution in [0.3, 0.4) is 0 Å². The summed E-state index contributed by atoms with van der Waals surface area (Å²) in [6.07, 6.45) is 0. The monoisotopic (exact) mass is 889 g/mol. The van der Waals surface area contributed by atoms with Crippen LogP contribution in [-0.2, 0) is 5.41 Å². The Kier molecular flexibility index (Phi) is 9.00. The van der Waals surface area contributed by atoms with E-state index in [0.717, 1.165) is 17.1 Å². The van der Waals surface area contributed by atoms with Gasteiger partial charge in [-0.1, -0.05) is 206 Å². The Bertz CT molecular complexity index is 3990. The van der Waals surface area contributed by atoms with Crippen molar-refractivity contribution >= 4 is 49.4 Å². The fourth-order valence-electron chi connectivity index (χ4n) is 12.6. The molecule has 0 bridgehead atoms. The van der Waals surface area contributed by atoms with Crippen molar-refractivity contribution in [2.45, 2.75) is 19.3 Å². The number of benzene rings is 12. The number of nitrogens with zero attached hydrogens (tertiary/aromatic N) is 1. The standard InChI is InChI=1S/C69H47N/c1-44-38-45(2)40-51(39-44)70(50-34-36-56-55-29-16-19-33-64(55)69(65(56)42-50)62-31-17-14-27-53(62)54-28-15-18-32-63(54)69)49-35-37-58-61(41-49)52-26-12-13-30-57(52)67-60(47-22-8-4-9-23-47)43-59(46-20-6-3-7-21-46)66(68(58)67)48-24-10-5-11-25-48/h3-43H,1-2H3. The number of hydrogen-bond acceptors (Lipinski definition) is 1. The lowest BCUT2D eigenvalue weighted by atomic mass is 9.70. The van der Waals surface area contributed by atoms with Gasteiger partial charge in [-0.3, -0.25) is 0 Å². The van der Waals surface area contributed by atoms with Crippen LogP contribution in [0.5, 0.6) is 0 Å². The zero-order valence-corrected chi connectivity index (χ0v) is 39.1. The predicted molar refractivity (Wildman–Crippen MR) is 296 cm³/mol. The molecule has 0 aliphatic heterocycles. The van der Waals surface area contributed by atoms with Gasteiger partial charge in [0.25, 0.3) is 0 Å². The number of fused-ring (bicyclic) bond motifs is 16. The first-order chi connectivity index (χ1) is 34.6. The molecule has 1 spiro atoms. The van der Waals surface area contributed by atoms with Crippen LogP contribution in [0.15, 0.2) is 249 Å². The predicted octanol–water partition coefficient (Wildman–Crippen LogP) is 18.6. The third-order valence-corrected chi connectivity index (χ3v) is 15.3. The van der Waals surface area contributed by atoms with Crippen LogP contribution >= 0.6 is 0 Å². The molecular weight excluding hydrogens is 843 g/mol. The fraction of sp³-hybridized carbons (Fsp3) is 0.0435. The minimum absolute atomic E-state index is 0.456. The summed E-state index contributed by atoms with van der Waals surface area (Å²) in [4.78, 5) is 2.51. The Morgan fingerprint density at radius 1 is 0.271 bits per heavy atom. The summed E-state index contributed by atoms with van der Waals surface area (Å²) >= 11 is 0. The molecule has 1 nitrogen and oxygen atoms in total. The van der Waals surface area contributed by atoms with Gasteiger partial charge in [-0.05, 0) is 178 Å². The highest BCUT2D eigenvalue weighted by molar-refractivity contribution is 6.33. The normalized spacial score (nSPS) is 12.8. The maximum absolute atomic E-state index is 2.51. The van der Waals surface area contributed by atoms with Gasteiger partial charge in [0.15, 0.2) is 0 Å². The van der Waals surface area contributed by atoms with E-state index in [2.05, 4.69) is 267 Å². The summed E-state index contributed by atoms with van der Waals surface area (Å²) in [6.45, 7) is 4.43. The lowest BCUT2D eigenvalue weighted by Gasteiger charge is -2.32. The lowest BCUT2D eigenvalue weighted by molar-refractivity contribution is 0.793. The average Bonchev–Trinajstić information content (AvgIpc) is 3.88. The molecule has 0 fully saturated rings. The largest absolute Gasteiger partial charge is 0.310 e. The second-order valence-electron chi connectivity index (χ2n) is 19.3. The SMILES string of the molecule is Cc1cc(C)cc(N(c2ccc3c(c2)C2(c4ccccc4-c4ccccc42)c2ccccc2-3)c2ccc3c(c2)c2ccccc2c2c(-c4ccccc4)cc(-c4ccccc4)c(-c4ccccc4)c32)c1. The van der Waals surface area contributed by atoms with E-state index >= 15 is 0 Å². The molecule has 0 amide bonds. The third-order valence-electron chi connectivity index (χ3n) is 15.3. The van der Waals surface area contributed by atoms with E-state index < -0.39 is 5.41 Å². The molecule has 0 aromatic heterocycles. The van der Waals surface area contributed by atoms with E-state index in [4.69, 9.17) is 0 Å². The highest BCUT2D eigenvalue weighted by Crippen LogP contribution is 2.63. The summed E-state index contributed by atoms with van der Waals surface area (Å²) in [5.74, 6) is 0. The second kappa shape index (κ2) is 15.6. The molecule has 1 heteroatoms. The van der Waals surface area contributed by atoms with E-state index in [0.29, 0.717) is 0 Å². The zero-order chi connectivity index (χ0) is 46.5. The van der Waals surface area contributed by atoms with Gasteiger partial charge in [-0.15, -0.1) is 0 Å². The van der Waals surface area contributed by atoms with Gasteiger partial charge in [-0.25, -0.2) is 0 Å². The highest BCUT2D eigenvalue weighted by atomic mass is 15.1. The maximum atomic E-state index is 2.51. The molecule has 12 aromatic rings. The Morgan fingerprint density at radius 3 is 1.33 bits per heavy atom. The van der Waals surface area contributed by atoms with E-state index in [1.54, 1.807) is 0 Å². The van der Waals surface area contributed by atoms with Crippen molar-refractivity contribution in [3.8, 4) is 55.6 Å². The van der Waals surface area contributed by atoms with Gasteiger partial charge >= 0.3 is 0 Å². The van der Waals surface area contributed by atoms with Gasteiger partial charge in [-0.2, -0.15) is 0 Å². The highest BCUT2D eigenvalue weighted by Gasteiger charge is 2.51. The van der Waals surface area contributed by atoms with Crippen molar-refractivity contribution in [1.82, 2.24) is 0 Å². The van der Waals surface area contributed by atoms with E-state index in [-0.39, 0.29) is 0 Å². The van der Waals surface area contributed by atoms with Crippen molar-refractivity contribution in [3.05, 3.63) is 282 Å². The van der Waals surface area contributed by atoms with Gasteiger partial charge < -0.3 is 4.90 Å². The molecule has 0 radical (unpaired) electrons. The molecule has 14 rings (SSSR count). The zero-order valence-electron chi connectivity index (χ0n) is 39.1. The molecule has 0 atom stereocenters. The Morgan fingerprint density at radius 2 is 0.729 bits per heavy atom. The van der Waals surface area contributed by atoms with Crippen LogP contribution in [0.2, 0.25) is 0 Å². The molecule has 0 saturated heterocycles. The van der Waals surface area contributed by atoms with Crippen molar-refractivity contribution in [2.24, 2.45) is 0 Å².